The molecule has 1 fully saturated rings. The maximum atomic E-state index is 12.5. The molecule has 1 aliphatic heterocycles. The van der Waals surface area contributed by atoms with Gasteiger partial charge in [0.25, 0.3) is 10.0 Å². The van der Waals surface area contributed by atoms with E-state index in [2.05, 4.69) is 4.72 Å². The van der Waals surface area contributed by atoms with E-state index in [0.29, 0.717) is 23.7 Å². The Hall–Kier alpha value is -1.47. The van der Waals surface area contributed by atoms with E-state index in [1.54, 1.807) is 17.0 Å². The summed E-state index contributed by atoms with van der Waals surface area (Å²) in [6.45, 7) is 0.602. The highest BCUT2D eigenvalue weighted by atomic mass is 35.5. The number of hydrogen-bond acceptors (Lipinski definition) is 3. The number of benzene rings is 2. The van der Waals surface area contributed by atoms with Crippen molar-refractivity contribution in [3.8, 4) is 0 Å². The summed E-state index contributed by atoms with van der Waals surface area (Å²) in [5.41, 5.74) is 0.842. The van der Waals surface area contributed by atoms with Crippen molar-refractivity contribution in [2.45, 2.75) is 17.7 Å². The van der Waals surface area contributed by atoms with Crippen LogP contribution in [0.3, 0.4) is 0 Å². The number of rotatable bonds is 4. The molecular formula is C16H13Cl3N2O3S. The molecule has 25 heavy (non-hydrogen) atoms. The third-order valence-corrected chi connectivity index (χ3v) is 5.81. The highest BCUT2D eigenvalue weighted by molar-refractivity contribution is 7.92. The van der Waals surface area contributed by atoms with E-state index < -0.39 is 10.0 Å². The Morgan fingerprint density at radius 2 is 1.68 bits per heavy atom. The molecule has 3 rings (SSSR count). The first kappa shape index (κ1) is 18.3. The molecule has 132 valence electrons. The van der Waals surface area contributed by atoms with E-state index in [4.69, 9.17) is 34.8 Å². The molecular weight excluding hydrogens is 407 g/mol. The van der Waals surface area contributed by atoms with E-state index in [1.165, 1.54) is 24.3 Å². The van der Waals surface area contributed by atoms with Crippen LogP contribution in [-0.4, -0.2) is 20.9 Å². The van der Waals surface area contributed by atoms with Gasteiger partial charge in [-0.25, -0.2) is 8.42 Å². The van der Waals surface area contributed by atoms with Gasteiger partial charge in [0.1, 0.15) is 0 Å². The van der Waals surface area contributed by atoms with Crippen molar-refractivity contribution in [1.82, 2.24) is 0 Å². The van der Waals surface area contributed by atoms with Crippen LogP contribution in [0.4, 0.5) is 11.4 Å². The van der Waals surface area contributed by atoms with Crippen molar-refractivity contribution in [2.24, 2.45) is 0 Å². The molecule has 1 heterocycles. The number of sulfonamides is 1. The minimum Gasteiger partial charge on any atom is -0.311 e. The van der Waals surface area contributed by atoms with Crippen molar-refractivity contribution in [3.63, 3.8) is 0 Å². The fraction of sp³-hybridized carbons (Fsp3) is 0.188. The Morgan fingerprint density at radius 1 is 1.00 bits per heavy atom. The molecule has 0 spiro atoms. The molecule has 2 aromatic rings. The largest absolute Gasteiger partial charge is 0.311 e. The summed E-state index contributed by atoms with van der Waals surface area (Å²) in [6, 6.07) is 8.68. The number of halogens is 3. The molecule has 1 N–H and O–H groups in total. The Labute approximate surface area is 160 Å². The van der Waals surface area contributed by atoms with Gasteiger partial charge in [-0.05, 0) is 42.8 Å². The smallest absolute Gasteiger partial charge is 0.261 e. The van der Waals surface area contributed by atoms with Crippen LogP contribution in [0.5, 0.6) is 0 Å². The van der Waals surface area contributed by atoms with Crippen molar-refractivity contribution in [2.75, 3.05) is 16.2 Å². The van der Waals surface area contributed by atoms with E-state index in [-0.39, 0.29) is 26.5 Å². The highest BCUT2D eigenvalue weighted by Gasteiger charge is 2.24. The Balaban J connectivity index is 1.87. The van der Waals surface area contributed by atoms with E-state index in [1.807, 2.05) is 0 Å². The number of nitrogens with zero attached hydrogens (tertiary/aromatic N) is 1. The Kier molecular flexibility index (Phi) is 5.16. The van der Waals surface area contributed by atoms with Gasteiger partial charge in [-0.15, -0.1) is 0 Å². The minimum atomic E-state index is -3.88. The first-order valence-corrected chi connectivity index (χ1v) is 9.97. The van der Waals surface area contributed by atoms with E-state index >= 15 is 0 Å². The average molecular weight is 420 g/mol. The van der Waals surface area contributed by atoms with E-state index in [0.717, 1.165) is 6.42 Å². The standard InChI is InChI=1S/C16H13Cl3N2O3S/c17-10-6-11(18)8-13(7-10)25(23,24)20-12-3-4-15(14(19)9-12)21-5-1-2-16(21)22/h3-4,6-9,20H,1-2,5H2. The van der Waals surface area contributed by atoms with Crippen molar-refractivity contribution in [3.05, 3.63) is 51.5 Å². The van der Waals surface area contributed by atoms with Gasteiger partial charge in [-0.3, -0.25) is 9.52 Å². The predicted octanol–water partition coefficient (Wildman–Crippen LogP) is 4.57. The highest BCUT2D eigenvalue weighted by Crippen LogP contribution is 2.32. The minimum absolute atomic E-state index is 0.00352. The van der Waals surface area contributed by atoms with Gasteiger partial charge >= 0.3 is 0 Å². The van der Waals surface area contributed by atoms with Crippen LogP contribution < -0.4 is 9.62 Å². The molecule has 0 bridgehead atoms. The predicted molar refractivity (Wildman–Crippen MR) is 100 cm³/mol. The summed E-state index contributed by atoms with van der Waals surface area (Å²) in [5.74, 6) is 0.00352. The molecule has 0 aromatic heterocycles. The van der Waals surface area contributed by atoms with Crippen LogP contribution in [0.15, 0.2) is 41.3 Å². The number of carbonyl (C=O) groups is 1. The average Bonchev–Trinajstić information content (AvgIpc) is 2.92. The maximum absolute atomic E-state index is 12.5. The number of anilines is 2. The summed E-state index contributed by atoms with van der Waals surface area (Å²) in [5, 5.41) is 0.724. The molecule has 2 aromatic carbocycles. The van der Waals surface area contributed by atoms with Crippen LogP contribution in [-0.2, 0) is 14.8 Å². The SMILES string of the molecule is O=C1CCCN1c1ccc(NS(=O)(=O)c2cc(Cl)cc(Cl)c2)cc1Cl. The zero-order chi connectivity index (χ0) is 18.2. The zero-order valence-electron chi connectivity index (χ0n) is 12.8. The summed E-state index contributed by atoms with van der Waals surface area (Å²) in [7, 11) is -3.88. The first-order chi connectivity index (χ1) is 11.8. The third kappa shape index (κ3) is 4.03. The molecule has 0 saturated carbocycles. The quantitative estimate of drug-likeness (QED) is 0.789. The van der Waals surface area contributed by atoms with Crippen molar-refractivity contribution >= 4 is 62.1 Å². The van der Waals surface area contributed by atoms with Crippen LogP contribution in [0.1, 0.15) is 12.8 Å². The van der Waals surface area contributed by atoms with Crippen LogP contribution >= 0.6 is 34.8 Å². The maximum Gasteiger partial charge on any atom is 0.261 e. The molecule has 0 radical (unpaired) electrons. The first-order valence-electron chi connectivity index (χ1n) is 7.35. The monoisotopic (exact) mass is 418 g/mol. The Bertz CT molecular complexity index is 927. The molecule has 1 amide bonds. The second-order valence-corrected chi connectivity index (χ2v) is 8.49. The van der Waals surface area contributed by atoms with Gasteiger partial charge in [0.15, 0.2) is 0 Å². The normalized spacial score (nSPS) is 14.8. The number of hydrogen-bond donors (Lipinski definition) is 1. The fourth-order valence-electron chi connectivity index (χ4n) is 2.59. The lowest BCUT2D eigenvalue weighted by atomic mass is 10.2. The molecule has 1 aliphatic rings. The Morgan fingerprint density at radius 3 is 2.24 bits per heavy atom. The van der Waals surface area contributed by atoms with Crippen molar-refractivity contribution in [1.29, 1.82) is 0 Å². The summed E-state index contributed by atoms with van der Waals surface area (Å²) in [4.78, 5) is 13.4. The van der Waals surface area contributed by atoms with Crippen molar-refractivity contribution < 1.29 is 13.2 Å². The van der Waals surface area contributed by atoms with Crippen LogP contribution in [0.25, 0.3) is 0 Å². The van der Waals surface area contributed by atoms with Gasteiger partial charge < -0.3 is 4.90 Å². The molecule has 1 saturated heterocycles. The lowest BCUT2D eigenvalue weighted by Gasteiger charge is -2.18. The number of amides is 1. The third-order valence-electron chi connectivity index (χ3n) is 3.71. The van der Waals surface area contributed by atoms with Gasteiger partial charge in [0.2, 0.25) is 5.91 Å². The van der Waals surface area contributed by atoms with Gasteiger partial charge in [0.05, 0.1) is 21.3 Å². The topological polar surface area (TPSA) is 66.5 Å². The van der Waals surface area contributed by atoms with E-state index in [9.17, 15) is 13.2 Å². The number of carbonyl (C=O) groups excluding carboxylic acids is 1. The molecule has 5 nitrogen and oxygen atoms in total. The van der Waals surface area contributed by atoms with Gasteiger partial charge in [-0.2, -0.15) is 0 Å². The fourth-order valence-corrected chi connectivity index (χ4v) is 4.65. The summed E-state index contributed by atoms with van der Waals surface area (Å²) < 4.78 is 27.4. The van der Waals surface area contributed by atoms with Gasteiger partial charge in [0, 0.05) is 23.0 Å². The second kappa shape index (κ2) is 7.03. The van der Waals surface area contributed by atoms with Gasteiger partial charge in [-0.1, -0.05) is 34.8 Å². The lowest BCUT2D eigenvalue weighted by Crippen LogP contribution is -2.24. The van der Waals surface area contributed by atoms with Crippen LogP contribution in [0.2, 0.25) is 15.1 Å². The van der Waals surface area contributed by atoms with Crippen LogP contribution in [0, 0.1) is 0 Å². The summed E-state index contributed by atoms with van der Waals surface area (Å²) >= 11 is 17.9. The molecule has 0 unspecified atom stereocenters. The lowest BCUT2D eigenvalue weighted by molar-refractivity contribution is -0.117. The molecule has 0 atom stereocenters. The second-order valence-electron chi connectivity index (χ2n) is 5.53. The molecule has 9 heteroatoms. The summed E-state index contributed by atoms with van der Waals surface area (Å²) in [6.07, 6.45) is 1.26. The molecule has 0 aliphatic carbocycles. The number of nitrogens with one attached hydrogen (secondary N) is 1. The zero-order valence-corrected chi connectivity index (χ0v) is 15.9.